The zero-order valence-electron chi connectivity index (χ0n) is 19.5. The third-order valence-corrected chi connectivity index (χ3v) is 6.21. The van der Waals surface area contributed by atoms with Gasteiger partial charge in [-0.3, -0.25) is 9.69 Å². The molecular formula is C26H36N2O4. The second-order valence-corrected chi connectivity index (χ2v) is 8.33. The summed E-state index contributed by atoms with van der Waals surface area (Å²) in [6, 6.07) is 17.9. The highest BCUT2D eigenvalue weighted by molar-refractivity contribution is 5.82. The molecule has 174 valence electrons. The number of benzene rings is 2. The van der Waals surface area contributed by atoms with Crippen molar-refractivity contribution in [2.45, 2.75) is 25.5 Å². The first-order valence-electron chi connectivity index (χ1n) is 11.4. The van der Waals surface area contributed by atoms with Crippen molar-refractivity contribution >= 4 is 5.91 Å². The van der Waals surface area contributed by atoms with E-state index < -0.39 is 6.10 Å². The molecule has 1 heterocycles. The summed E-state index contributed by atoms with van der Waals surface area (Å²) >= 11 is 0. The van der Waals surface area contributed by atoms with Crippen LogP contribution >= 0.6 is 0 Å². The Morgan fingerprint density at radius 1 is 1.03 bits per heavy atom. The van der Waals surface area contributed by atoms with E-state index in [-0.39, 0.29) is 5.91 Å². The SMILES string of the molecule is COCCN(CC1CCN(Cc2ccccc2OC)CC1)C(=O)[C@H](OC)c1ccccc1. The van der Waals surface area contributed by atoms with Crippen molar-refractivity contribution in [2.24, 2.45) is 5.92 Å². The summed E-state index contributed by atoms with van der Waals surface area (Å²) in [7, 11) is 4.99. The van der Waals surface area contributed by atoms with E-state index in [0.29, 0.717) is 19.1 Å². The number of carbonyl (C=O) groups is 1. The highest BCUT2D eigenvalue weighted by Crippen LogP contribution is 2.25. The summed E-state index contributed by atoms with van der Waals surface area (Å²) in [6.45, 7) is 4.75. The van der Waals surface area contributed by atoms with Crippen LogP contribution in [-0.2, 0) is 20.8 Å². The van der Waals surface area contributed by atoms with E-state index in [1.807, 2.05) is 47.4 Å². The van der Waals surface area contributed by atoms with Gasteiger partial charge in [0.25, 0.3) is 5.91 Å². The Hall–Kier alpha value is -2.41. The summed E-state index contributed by atoms with van der Waals surface area (Å²) in [4.78, 5) is 17.7. The third-order valence-electron chi connectivity index (χ3n) is 6.21. The molecule has 32 heavy (non-hydrogen) atoms. The maximum atomic E-state index is 13.4. The molecule has 0 radical (unpaired) electrons. The van der Waals surface area contributed by atoms with E-state index in [9.17, 15) is 4.79 Å². The minimum absolute atomic E-state index is 0.00667. The largest absolute Gasteiger partial charge is 0.496 e. The Bertz CT molecular complexity index is 822. The molecule has 3 rings (SSSR count). The van der Waals surface area contributed by atoms with Crippen LogP contribution in [-0.4, -0.2) is 69.8 Å². The van der Waals surface area contributed by atoms with Gasteiger partial charge >= 0.3 is 0 Å². The Kier molecular flexibility index (Phi) is 9.53. The Labute approximate surface area is 192 Å². The number of likely N-dealkylation sites (tertiary alicyclic amines) is 1. The van der Waals surface area contributed by atoms with Crippen molar-refractivity contribution in [3.63, 3.8) is 0 Å². The van der Waals surface area contributed by atoms with Crippen molar-refractivity contribution in [1.29, 1.82) is 0 Å². The molecule has 1 fully saturated rings. The number of hydrogen-bond donors (Lipinski definition) is 0. The van der Waals surface area contributed by atoms with Gasteiger partial charge in [-0.2, -0.15) is 0 Å². The highest BCUT2D eigenvalue weighted by atomic mass is 16.5. The van der Waals surface area contributed by atoms with Crippen LogP contribution in [0.2, 0.25) is 0 Å². The third kappa shape index (κ3) is 6.55. The standard InChI is InChI=1S/C26H36N2O4/c1-30-18-17-28(26(29)25(32-3)22-9-5-4-6-10-22)19-21-13-15-27(16-14-21)20-23-11-7-8-12-24(23)31-2/h4-12,21,25H,13-20H2,1-3H3/t25-/m1/s1. The molecule has 6 heteroatoms. The summed E-state index contributed by atoms with van der Waals surface area (Å²) in [5, 5.41) is 0. The minimum Gasteiger partial charge on any atom is -0.496 e. The molecule has 1 atom stereocenters. The maximum Gasteiger partial charge on any atom is 0.256 e. The van der Waals surface area contributed by atoms with Crippen LogP contribution in [0.3, 0.4) is 0 Å². The molecule has 1 aliphatic heterocycles. The quantitative estimate of drug-likeness (QED) is 0.532. The van der Waals surface area contributed by atoms with Crippen LogP contribution in [0.5, 0.6) is 5.75 Å². The number of methoxy groups -OCH3 is 3. The van der Waals surface area contributed by atoms with Crippen molar-refractivity contribution in [3.8, 4) is 5.75 Å². The Morgan fingerprint density at radius 2 is 1.72 bits per heavy atom. The number of para-hydroxylation sites is 1. The van der Waals surface area contributed by atoms with Crippen molar-refractivity contribution < 1.29 is 19.0 Å². The molecule has 0 aliphatic carbocycles. The predicted octanol–water partition coefficient (Wildman–Crippen LogP) is 3.77. The van der Waals surface area contributed by atoms with Crippen LogP contribution < -0.4 is 4.74 Å². The molecule has 1 saturated heterocycles. The fourth-order valence-corrected chi connectivity index (χ4v) is 4.38. The molecule has 0 N–H and O–H groups in total. The van der Waals surface area contributed by atoms with E-state index >= 15 is 0 Å². The van der Waals surface area contributed by atoms with Crippen LogP contribution in [0.1, 0.15) is 30.1 Å². The zero-order valence-corrected chi connectivity index (χ0v) is 19.5. The van der Waals surface area contributed by atoms with Crippen molar-refractivity contribution in [3.05, 3.63) is 65.7 Å². The Morgan fingerprint density at radius 3 is 2.38 bits per heavy atom. The van der Waals surface area contributed by atoms with E-state index in [1.165, 1.54) is 5.56 Å². The molecule has 2 aromatic rings. The average molecular weight is 441 g/mol. The summed E-state index contributed by atoms with van der Waals surface area (Å²) < 4.78 is 16.4. The highest BCUT2D eigenvalue weighted by Gasteiger charge is 2.29. The van der Waals surface area contributed by atoms with E-state index in [1.54, 1.807) is 21.3 Å². The number of nitrogens with zero attached hydrogens (tertiary/aromatic N) is 2. The van der Waals surface area contributed by atoms with Gasteiger partial charge in [0.1, 0.15) is 5.75 Å². The normalized spacial score (nSPS) is 16.0. The topological polar surface area (TPSA) is 51.2 Å². The molecule has 2 aromatic carbocycles. The van der Waals surface area contributed by atoms with Crippen molar-refractivity contribution in [2.75, 3.05) is 54.1 Å². The first-order chi connectivity index (χ1) is 15.7. The first-order valence-corrected chi connectivity index (χ1v) is 11.4. The number of ether oxygens (including phenoxy) is 3. The maximum absolute atomic E-state index is 13.4. The molecule has 0 bridgehead atoms. The lowest BCUT2D eigenvalue weighted by atomic mass is 9.95. The lowest BCUT2D eigenvalue weighted by Gasteiger charge is -2.36. The van der Waals surface area contributed by atoms with Crippen LogP contribution in [0.25, 0.3) is 0 Å². The average Bonchev–Trinajstić information content (AvgIpc) is 2.84. The number of amides is 1. The smallest absolute Gasteiger partial charge is 0.256 e. The molecule has 1 aliphatic rings. The minimum atomic E-state index is -0.585. The molecule has 0 spiro atoms. The van der Waals surface area contributed by atoms with Gasteiger partial charge in [0, 0.05) is 39.4 Å². The molecule has 1 amide bonds. The van der Waals surface area contributed by atoms with Gasteiger partial charge in [0.15, 0.2) is 6.10 Å². The molecule has 0 unspecified atom stereocenters. The van der Waals surface area contributed by atoms with Crippen LogP contribution in [0.15, 0.2) is 54.6 Å². The van der Waals surface area contributed by atoms with Gasteiger partial charge in [0.2, 0.25) is 0 Å². The monoisotopic (exact) mass is 440 g/mol. The van der Waals surface area contributed by atoms with Gasteiger partial charge < -0.3 is 19.1 Å². The number of rotatable bonds is 11. The van der Waals surface area contributed by atoms with Crippen LogP contribution in [0, 0.1) is 5.92 Å². The second kappa shape index (κ2) is 12.6. The number of piperidine rings is 1. The molecule has 0 saturated carbocycles. The zero-order chi connectivity index (χ0) is 22.8. The lowest BCUT2D eigenvalue weighted by Crippen LogP contribution is -2.44. The van der Waals surface area contributed by atoms with Gasteiger partial charge in [0.05, 0.1) is 13.7 Å². The summed E-state index contributed by atoms with van der Waals surface area (Å²) in [5.74, 6) is 1.42. The van der Waals surface area contributed by atoms with Gasteiger partial charge in [-0.1, -0.05) is 48.5 Å². The van der Waals surface area contributed by atoms with E-state index in [4.69, 9.17) is 14.2 Å². The molecule has 0 aromatic heterocycles. The van der Waals surface area contributed by atoms with Crippen molar-refractivity contribution in [1.82, 2.24) is 9.80 Å². The van der Waals surface area contributed by atoms with E-state index in [0.717, 1.165) is 50.3 Å². The summed E-state index contributed by atoms with van der Waals surface area (Å²) in [5.41, 5.74) is 2.10. The molecular weight excluding hydrogens is 404 g/mol. The van der Waals surface area contributed by atoms with Gasteiger partial charge in [-0.05, 0) is 43.5 Å². The molecule has 6 nitrogen and oxygen atoms in total. The number of hydrogen-bond acceptors (Lipinski definition) is 5. The van der Waals surface area contributed by atoms with Gasteiger partial charge in [-0.25, -0.2) is 0 Å². The fraction of sp³-hybridized carbons (Fsp3) is 0.500. The number of carbonyl (C=O) groups excluding carboxylic acids is 1. The predicted molar refractivity (Wildman–Crippen MR) is 126 cm³/mol. The fourth-order valence-electron chi connectivity index (χ4n) is 4.38. The van der Waals surface area contributed by atoms with Crippen LogP contribution in [0.4, 0.5) is 0 Å². The van der Waals surface area contributed by atoms with E-state index in [2.05, 4.69) is 17.0 Å². The lowest BCUT2D eigenvalue weighted by molar-refractivity contribution is -0.144. The second-order valence-electron chi connectivity index (χ2n) is 8.33. The summed E-state index contributed by atoms with van der Waals surface area (Å²) in [6.07, 6.45) is 1.54. The Balaban J connectivity index is 1.58. The van der Waals surface area contributed by atoms with Gasteiger partial charge in [-0.15, -0.1) is 0 Å². The first kappa shape index (κ1) is 24.2.